The van der Waals surface area contributed by atoms with E-state index in [4.69, 9.17) is 9.47 Å². The highest BCUT2D eigenvalue weighted by molar-refractivity contribution is 7.39. The van der Waals surface area contributed by atoms with Gasteiger partial charge in [0, 0.05) is 11.5 Å². The molecule has 1 heterocycles. The Kier molecular flexibility index (Phi) is 6.62. The van der Waals surface area contributed by atoms with Crippen molar-refractivity contribution in [1.82, 2.24) is 0 Å². The molecule has 0 aromatic heterocycles. The van der Waals surface area contributed by atoms with E-state index in [1.54, 1.807) is 0 Å². The predicted octanol–water partition coefficient (Wildman–Crippen LogP) is 7.05. The van der Waals surface area contributed by atoms with Crippen LogP contribution in [0.4, 0.5) is 0 Å². The Bertz CT molecular complexity index is 714. The lowest BCUT2D eigenvalue weighted by atomic mass is 9.74. The summed E-state index contributed by atoms with van der Waals surface area (Å²) in [6.45, 7) is 17.6. The van der Waals surface area contributed by atoms with Gasteiger partial charge in [0.25, 0.3) is 0 Å². The van der Waals surface area contributed by atoms with E-state index in [1.165, 1.54) is 29.3 Å². The molecule has 3 rings (SSSR count). The minimum Gasteiger partial charge on any atom is -0.493 e. The molecule has 0 N–H and O–H groups in total. The van der Waals surface area contributed by atoms with Crippen LogP contribution in [0.15, 0.2) is 29.8 Å². The van der Waals surface area contributed by atoms with Gasteiger partial charge in [-0.15, -0.1) is 8.58 Å². The molecular weight excluding hydrogens is 363 g/mol. The van der Waals surface area contributed by atoms with Crippen LogP contribution in [0.1, 0.15) is 78.5 Å². The maximum absolute atomic E-state index is 6.63. The molecule has 28 heavy (non-hydrogen) atoms. The topological polar surface area (TPSA) is 18.5 Å². The average Bonchev–Trinajstić information content (AvgIpc) is 2.66. The quantitative estimate of drug-likeness (QED) is 0.474. The first-order valence-electron chi connectivity index (χ1n) is 11.0. The minimum absolute atomic E-state index is 0.160. The molecule has 2 nitrogen and oxygen atoms in total. The SMILES string of the molecule is CCOC1=C2CC(C(C)(C)CC)PCC2C(OCC(C)(C)C)c2ccccc21. The van der Waals surface area contributed by atoms with Crippen molar-refractivity contribution in [2.75, 3.05) is 19.4 Å². The molecule has 0 amide bonds. The molecule has 4 atom stereocenters. The van der Waals surface area contributed by atoms with E-state index in [9.17, 15) is 0 Å². The number of hydrogen-bond donors (Lipinski definition) is 0. The maximum atomic E-state index is 6.63. The lowest BCUT2D eigenvalue weighted by molar-refractivity contribution is -0.0162. The van der Waals surface area contributed by atoms with Crippen molar-refractivity contribution in [3.63, 3.8) is 0 Å². The van der Waals surface area contributed by atoms with Gasteiger partial charge in [0.05, 0.1) is 19.3 Å². The highest BCUT2D eigenvalue weighted by Gasteiger charge is 2.43. The Morgan fingerprint density at radius 3 is 2.43 bits per heavy atom. The molecule has 1 aliphatic carbocycles. The molecular formula is C25H39O2P. The summed E-state index contributed by atoms with van der Waals surface area (Å²) in [5, 5.41) is 0. The molecule has 0 bridgehead atoms. The van der Waals surface area contributed by atoms with Crippen LogP contribution < -0.4 is 0 Å². The first-order chi connectivity index (χ1) is 13.2. The molecule has 0 saturated carbocycles. The van der Waals surface area contributed by atoms with E-state index < -0.39 is 0 Å². The summed E-state index contributed by atoms with van der Waals surface area (Å²) in [6, 6.07) is 8.77. The molecule has 0 radical (unpaired) electrons. The molecule has 1 aliphatic heterocycles. The highest BCUT2D eigenvalue weighted by atomic mass is 31.1. The van der Waals surface area contributed by atoms with E-state index in [-0.39, 0.29) is 11.5 Å². The average molecular weight is 403 g/mol. The van der Waals surface area contributed by atoms with Crippen LogP contribution in [0.3, 0.4) is 0 Å². The van der Waals surface area contributed by atoms with Gasteiger partial charge in [-0.1, -0.05) is 72.2 Å². The fourth-order valence-electron chi connectivity index (χ4n) is 4.39. The van der Waals surface area contributed by atoms with Crippen LogP contribution in [0.25, 0.3) is 5.76 Å². The van der Waals surface area contributed by atoms with Gasteiger partial charge in [0.15, 0.2) is 0 Å². The van der Waals surface area contributed by atoms with Crippen LogP contribution in [-0.2, 0) is 9.47 Å². The molecule has 0 spiro atoms. The predicted molar refractivity (Wildman–Crippen MR) is 122 cm³/mol. The minimum atomic E-state index is 0.160. The first-order valence-corrected chi connectivity index (χ1v) is 12.3. The van der Waals surface area contributed by atoms with Crippen LogP contribution in [0.5, 0.6) is 0 Å². The highest BCUT2D eigenvalue weighted by Crippen LogP contribution is 2.55. The number of rotatable bonds is 6. The van der Waals surface area contributed by atoms with Gasteiger partial charge in [-0.25, -0.2) is 0 Å². The van der Waals surface area contributed by atoms with E-state index in [0.717, 1.165) is 39.6 Å². The van der Waals surface area contributed by atoms with Gasteiger partial charge >= 0.3 is 0 Å². The van der Waals surface area contributed by atoms with E-state index in [1.807, 2.05) is 0 Å². The number of hydrogen-bond acceptors (Lipinski definition) is 2. The van der Waals surface area contributed by atoms with Crippen molar-refractivity contribution < 1.29 is 9.47 Å². The smallest absolute Gasteiger partial charge is 0.126 e. The standard InChI is InChI=1S/C25H39O2P/c1-8-25(6,7)21-14-19-20(15-28-21)23(27-16-24(3,4)5)18-13-11-10-12-17(18)22(19)26-9-2/h10-13,20-21,23,28H,8-9,14-16H2,1-7H3. The summed E-state index contributed by atoms with van der Waals surface area (Å²) in [5.74, 6) is 1.61. The summed E-state index contributed by atoms with van der Waals surface area (Å²) in [5.41, 5.74) is 5.39. The summed E-state index contributed by atoms with van der Waals surface area (Å²) < 4.78 is 12.9. The van der Waals surface area contributed by atoms with Gasteiger partial charge < -0.3 is 9.47 Å². The van der Waals surface area contributed by atoms with Crippen molar-refractivity contribution in [1.29, 1.82) is 0 Å². The Hall–Kier alpha value is -0.850. The van der Waals surface area contributed by atoms with Crippen molar-refractivity contribution in [2.24, 2.45) is 16.7 Å². The zero-order chi connectivity index (χ0) is 20.5. The molecule has 156 valence electrons. The second kappa shape index (κ2) is 8.49. The zero-order valence-electron chi connectivity index (χ0n) is 18.9. The fraction of sp³-hybridized carbons (Fsp3) is 0.680. The largest absolute Gasteiger partial charge is 0.493 e. The van der Waals surface area contributed by atoms with Crippen molar-refractivity contribution in [3.05, 3.63) is 41.0 Å². The second-order valence-corrected chi connectivity index (χ2v) is 11.8. The lowest BCUT2D eigenvalue weighted by Gasteiger charge is -2.45. The van der Waals surface area contributed by atoms with Gasteiger partial charge in [-0.3, -0.25) is 0 Å². The van der Waals surface area contributed by atoms with Gasteiger partial charge in [-0.05, 0) is 47.1 Å². The van der Waals surface area contributed by atoms with Crippen LogP contribution in [0.2, 0.25) is 0 Å². The third-order valence-corrected chi connectivity index (χ3v) is 8.62. The molecule has 1 aromatic rings. The van der Waals surface area contributed by atoms with E-state index >= 15 is 0 Å². The van der Waals surface area contributed by atoms with Crippen LogP contribution >= 0.6 is 8.58 Å². The normalized spacial score (nSPS) is 26.2. The number of ether oxygens (including phenoxy) is 2. The number of fused-ring (bicyclic) bond motifs is 2. The van der Waals surface area contributed by atoms with Crippen molar-refractivity contribution in [2.45, 2.75) is 73.1 Å². The van der Waals surface area contributed by atoms with Gasteiger partial charge in [-0.2, -0.15) is 0 Å². The third kappa shape index (κ3) is 4.49. The molecule has 1 saturated heterocycles. The summed E-state index contributed by atoms with van der Waals surface area (Å²) in [6.07, 6.45) is 3.77. The molecule has 3 heteroatoms. The Balaban J connectivity index is 2.03. The van der Waals surface area contributed by atoms with Gasteiger partial charge in [0.1, 0.15) is 5.76 Å². The molecule has 4 unspecified atom stereocenters. The zero-order valence-corrected chi connectivity index (χ0v) is 19.9. The van der Waals surface area contributed by atoms with Crippen molar-refractivity contribution in [3.8, 4) is 0 Å². The van der Waals surface area contributed by atoms with Crippen molar-refractivity contribution >= 4 is 14.3 Å². The molecule has 1 aromatic carbocycles. The molecule has 1 fully saturated rings. The molecule has 2 aliphatic rings. The summed E-state index contributed by atoms with van der Waals surface area (Å²) in [7, 11) is 0.997. The first kappa shape index (κ1) is 21.8. The Morgan fingerprint density at radius 2 is 1.79 bits per heavy atom. The Labute approximate surface area is 174 Å². The Morgan fingerprint density at radius 1 is 1.07 bits per heavy atom. The van der Waals surface area contributed by atoms with Crippen LogP contribution in [-0.4, -0.2) is 25.0 Å². The summed E-state index contributed by atoms with van der Waals surface area (Å²) >= 11 is 0. The van der Waals surface area contributed by atoms with Crippen LogP contribution in [0, 0.1) is 16.7 Å². The van der Waals surface area contributed by atoms with Gasteiger partial charge in [0.2, 0.25) is 0 Å². The fourth-order valence-corrected chi connectivity index (χ4v) is 6.51. The summed E-state index contributed by atoms with van der Waals surface area (Å²) in [4.78, 5) is 0. The number of benzene rings is 1. The lowest BCUT2D eigenvalue weighted by Crippen LogP contribution is -2.37. The second-order valence-electron chi connectivity index (χ2n) is 10.3. The monoisotopic (exact) mass is 402 g/mol. The maximum Gasteiger partial charge on any atom is 0.126 e. The van der Waals surface area contributed by atoms with E-state index in [0.29, 0.717) is 11.3 Å². The third-order valence-electron chi connectivity index (χ3n) is 6.46. The van der Waals surface area contributed by atoms with E-state index in [2.05, 4.69) is 72.7 Å².